The van der Waals surface area contributed by atoms with Crippen molar-refractivity contribution in [1.29, 1.82) is 5.26 Å². The predicted molar refractivity (Wildman–Crippen MR) is 111 cm³/mol. The minimum atomic E-state index is -0.441. The van der Waals surface area contributed by atoms with Gasteiger partial charge in [-0.25, -0.2) is 9.78 Å². The number of carbonyl (C=O) groups excluding carboxylic acids is 1. The number of halogens is 1. The fraction of sp³-hybridized carbons (Fsp3) is 0.381. The number of carbonyl (C=O) groups is 1. The van der Waals surface area contributed by atoms with E-state index in [-0.39, 0.29) is 6.61 Å². The Bertz CT molecular complexity index is 909. The van der Waals surface area contributed by atoms with Gasteiger partial charge in [-0.1, -0.05) is 30.7 Å². The number of esters is 1. The number of nitrogens with zero attached hydrogens (tertiary/aromatic N) is 3. The molecule has 1 aliphatic rings. The molecule has 0 fully saturated rings. The van der Waals surface area contributed by atoms with Gasteiger partial charge in [0.2, 0.25) is 0 Å². The molecule has 2 aromatic rings. The lowest BCUT2D eigenvalue weighted by Gasteiger charge is -2.29. The van der Waals surface area contributed by atoms with Gasteiger partial charge in [-0.2, -0.15) is 5.26 Å². The molecule has 0 saturated carbocycles. The Kier molecular flexibility index (Phi) is 6.95. The van der Waals surface area contributed by atoms with E-state index >= 15 is 0 Å². The van der Waals surface area contributed by atoms with Crippen molar-refractivity contribution in [1.82, 2.24) is 9.88 Å². The summed E-state index contributed by atoms with van der Waals surface area (Å²) < 4.78 is 5.28. The van der Waals surface area contributed by atoms with Gasteiger partial charge in [0, 0.05) is 41.5 Å². The molecule has 28 heavy (non-hydrogen) atoms. The second-order valence-electron chi connectivity index (χ2n) is 6.46. The zero-order valence-electron chi connectivity index (χ0n) is 16.0. The standard InChI is InChI=1S/C21H22ClN3O2S/c1-3-25-10-9-18-17(12-25)19(21(26)27-4-2)16(11-23)20(24-18)28-13-14-5-7-15(22)8-6-14/h5-8H,3-4,9-10,12-13H2,1-2H3. The Balaban J connectivity index is 2.00. The number of hydrogen-bond donors (Lipinski definition) is 0. The molecule has 0 amide bonds. The molecular weight excluding hydrogens is 394 g/mol. The SMILES string of the molecule is CCOC(=O)c1c(C#N)c(SCc2ccc(Cl)cc2)nc2c1CN(CC)CC2. The van der Waals surface area contributed by atoms with Gasteiger partial charge in [0.25, 0.3) is 0 Å². The number of likely N-dealkylation sites (N-methyl/N-ethyl adjacent to an activating group) is 1. The fourth-order valence-electron chi connectivity index (χ4n) is 3.23. The van der Waals surface area contributed by atoms with Gasteiger partial charge in [-0.05, 0) is 31.2 Å². The molecule has 1 aromatic carbocycles. The van der Waals surface area contributed by atoms with E-state index in [0.29, 0.717) is 33.5 Å². The first-order valence-electron chi connectivity index (χ1n) is 9.29. The lowest BCUT2D eigenvalue weighted by Crippen LogP contribution is -2.33. The van der Waals surface area contributed by atoms with Gasteiger partial charge in [0.15, 0.2) is 0 Å². The quantitative estimate of drug-likeness (QED) is 0.512. The van der Waals surface area contributed by atoms with Gasteiger partial charge >= 0.3 is 5.97 Å². The Morgan fingerprint density at radius 3 is 2.75 bits per heavy atom. The minimum absolute atomic E-state index is 0.269. The van der Waals surface area contributed by atoms with Crippen LogP contribution in [0.25, 0.3) is 0 Å². The topological polar surface area (TPSA) is 66.2 Å². The molecule has 0 spiro atoms. The number of hydrogen-bond acceptors (Lipinski definition) is 6. The molecule has 2 heterocycles. The zero-order chi connectivity index (χ0) is 20.1. The van der Waals surface area contributed by atoms with E-state index in [1.807, 2.05) is 24.3 Å². The average molecular weight is 416 g/mol. The summed E-state index contributed by atoms with van der Waals surface area (Å²) >= 11 is 7.41. The van der Waals surface area contributed by atoms with Crippen LogP contribution in [0.3, 0.4) is 0 Å². The smallest absolute Gasteiger partial charge is 0.339 e. The monoisotopic (exact) mass is 415 g/mol. The first-order valence-corrected chi connectivity index (χ1v) is 10.7. The fourth-order valence-corrected chi connectivity index (χ4v) is 4.32. The molecule has 5 nitrogen and oxygen atoms in total. The second-order valence-corrected chi connectivity index (χ2v) is 7.86. The van der Waals surface area contributed by atoms with Gasteiger partial charge in [-0.15, -0.1) is 11.8 Å². The number of ether oxygens (including phenoxy) is 1. The molecule has 3 rings (SSSR count). The van der Waals surface area contributed by atoms with E-state index in [2.05, 4.69) is 17.9 Å². The summed E-state index contributed by atoms with van der Waals surface area (Å²) in [7, 11) is 0. The summed E-state index contributed by atoms with van der Waals surface area (Å²) in [6, 6.07) is 9.79. The summed E-state index contributed by atoms with van der Waals surface area (Å²) in [5.74, 6) is 0.199. The van der Waals surface area contributed by atoms with Crippen molar-refractivity contribution in [2.24, 2.45) is 0 Å². The Morgan fingerprint density at radius 2 is 2.11 bits per heavy atom. The molecular formula is C21H22ClN3O2S. The maximum Gasteiger partial charge on any atom is 0.339 e. The van der Waals surface area contributed by atoms with E-state index in [4.69, 9.17) is 21.3 Å². The first-order chi connectivity index (χ1) is 13.6. The molecule has 0 radical (unpaired) electrons. The normalized spacial score (nSPS) is 13.6. The van der Waals surface area contributed by atoms with Crippen molar-refractivity contribution in [2.45, 2.75) is 37.6 Å². The van der Waals surface area contributed by atoms with E-state index in [9.17, 15) is 10.1 Å². The van der Waals surface area contributed by atoms with Crippen LogP contribution in [0.5, 0.6) is 0 Å². The van der Waals surface area contributed by atoms with E-state index in [1.54, 1.807) is 6.92 Å². The molecule has 0 bridgehead atoms. The van der Waals surface area contributed by atoms with Crippen LogP contribution in [0.4, 0.5) is 0 Å². The minimum Gasteiger partial charge on any atom is -0.462 e. The largest absolute Gasteiger partial charge is 0.462 e. The van der Waals surface area contributed by atoms with Crippen LogP contribution < -0.4 is 0 Å². The number of aromatic nitrogens is 1. The van der Waals surface area contributed by atoms with Crippen LogP contribution in [-0.4, -0.2) is 35.5 Å². The zero-order valence-corrected chi connectivity index (χ0v) is 17.6. The number of pyridine rings is 1. The third kappa shape index (κ3) is 4.49. The summed E-state index contributed by atoms with van der Waals surface area (Å²) in [5, 5.41) is 11.1. The third-order valence-corrected chi connectivity index (χ3v) is 6.02. The van der Waals surface area contributed by atoms with Gasteiger partial charge < -0.3 is 4.74 Å². The van der Waals surface area contributed by atoms with Crippen molar-refractivity contribution in [3.8, 4) is 6.07 Å². The van der Waals surface area contributed by atoms with Crippen molar-refractivity contribution in [3.05, 3.63) is 57.2 Å². The number of fused-ring (bicyclic) bond motifs is 1. The average Bonchev–Trinajstić information content (AvgIpc) is 2.71. The summed E-state index contributed by atoms with van der Waals surface area (Å²) in [6.45, 7) is 6.52. The van der Waals surface area contributed by atoms with Crippen molar-refractivity contribution >= 4 is 29.3 Å². The molecule has 1 aromatic heterocycles. The van der Waals surface area contributed by atoms with Gasteiger partial charge in [-0.3, -0.25) is 4.90 Å². The molecule has 0 N–H and O–H groups in total. The number of nitriles is 1. The highest BCUT2D eigenvalue weighted by Gasteiger charge is 2.29. The number of rotatable bonds is 6. The third-order valence-electron chi connectivity index (χ3n) is 4.72. The highest BCUT2D eigenvalue weighted by Crippen LogP contribution is 2.33. The first kappa shape index (κ1) is 20.7. The summed E-state index contributed by atoms with van der Waals surface area (Å²) in [5.41, 5.74) is 3.50. The summed E-state index contributed by atoms with van der Waals surface area (Å²) in [4.78, 5) is 19.7. The summed E-state index contributed by atoms with van der Waals surface area (Å²) in [6.07, 6.45) is 0.760. The van der Waals surface area contributed by atoms with Crippen molar-refractivity contribution in [3.63, 3.8) is 0 Å². The second kappa shape index (κ2) is 9.42. The highest BCUT2D eigenvalue weighted by atomic mass is 35.5. The maximum atomic E-state index is 12.7. The molecule has 0 unspecified atom stereocenters. The lowest BCUT2D eigenvalue weighted by molar-refractivity contribution is 0.0522. The number of benzene rings is 1. The van der Waals surface area contributed by atoms with Crippen LogP contribution in [0.15, 0.2) is 29.3 Å². The molecule has 0 saturated heterocycles. The molecule has 146 valence electrons. The highest BCUT2D eigenvalue weighted by molar-refractivity contribution is 7.98. The van der Waals surface area contributed by atoms with E-state index < -0.39 is 5.97 Å². The van der Waals surface area contributed by atoms with Crippen LogP contribution >= 0.6 is 23.4 Å². The van der Waals surface area contributed by atoms with Crippen molar-refractivity contribution in [2.75, 3.05) is 19.7 Å². The molecule has 0 aliphatic carbocycles. The van der Waals surface area contributed by atoms with Crippen LogP contribution in [0.2, 0.25) is 5.02 Å². The Hall–Kier alpha value is -2.07. The lowest BCUT2D eigenvalue weighted by atomic mass is 9.96. The predicted octanol–water partition coefficient (Wildman–Crippen LogP) is 4.45. The van der Waals surface area contributed by atoms with Crippen LogP contribution in [0, 0.1) is 11.3 Å². The van der Waals surface area contributed by atoms with E-state index in [1.165, 1.54) is 11.8 Å². The van der Waals surface area contributed by atoms with Crippen LogP contribution in [-0.2, 0) is 23.5 Å². The maximum absolute atomic E-state index is 12.7. The number of thioether (sulfide) groups is 1. The van der Waals surface area contributed by atoms with Gasteiger partial charge in [0.05, 0.1) is 17.7 Å². The Labute approximate surface area is 174 Å². The molecule has 7 heteroatoms. The molecule has 0 atom stereocenters. The van der Waals surface area contributed by atoms with E-state index in [0.717, 1.165) is 36.3 Å². The van der Waals surface area contributed by atoms with Crippen molar-refractivity contribution < 1.29 is 9.53 Å². The molecule has 1 aliphatic heterocycles. The van der Waals surface area contributed by atoms with Gasteiger partial charge in [0.1, 0.15) is 11.1 Å². The Morgan fingerprint density at radius 1 is 1.36 bits per heavy atom. The van der Waals surface area contributed by atoms with Crippen LogP contribution in [0.1, 0.15) is 46.6 Å².